The van der Waals surface area contributed by atoms with Crippen LogP contribution >= 0.6 is 11.6 Å². The van der Waals surface area contributed by atoms with Gasteiger partial charge in [0.2, 0.25) is 10.0 Å². The predicted molar refractivity (Wildman–Crippen MR) is 83.8 cm³/mol. The van der Waals surface area contributed by atoms with Gasteiger partial charge in [-0.25, -0.2) is 8.42 Å². The van der Waals surface area contributed by atoms with Crippen LogP contribution in [-0.2, 0) is 10.0 Å². The van der Waals surface area contributed by atoms with E-state index in [0.717, 1.165) is 0 Å². The second-order valence-electron chi connectivity index (χ2n) is 4.70. The average Bonchev–Trinajstić information content (AvgIpc) is 2.53. The topological polar surface area (TPSA) is 74.1 Å². The summed E-state index contributed by atoms with van der Waals surface area (Å²) in [5.74, 6) is 0. The molecule has 7 heteroatoms. The van der Waals surface area contributed by atoms with Gasteiger partial charge in [-0.3, -0.25) is 4.98 Å². The Balaban J connectivity index is 2.45. The van der Waals surface area contributed by atoms with Crippen molar-refractivity contribution in [3.63, 3.8) is 0 Å². The number of halogens is 1. The standard InChI is InChI=1S/C15H14ClN3O2S/c1-11(14-5-3-4-8-18-14)19(2)22(20,21)15-7-6-13(16)9-12(15)10-17/h3-9,11H,1-2H3/t11-/m1/s1. The highest BCUT2D eigenvalue weighted by atomic mass is 35.5. The number of benzene rings is 1. The molecule has 5 nitrogen and oxygen atoms in total. The molecule has 0 bridgehead atoms. The van der Waals surface area contributed by atoms with Crippen molar-refractivity contribution in [2.45, 2.75) is 17.9 Å². The maximum atomic E-state index is 12.7. The highest BCUT2D eigenvalue weighted by Gasteiger charge is 2.29. The minimum atomic E-state index is -3.83. The summed E-state index contributed by atoms with van der Waals surface area (Å²) in [5.41, 5.74) is 0.647. The van der Waals surface area contributed by atoms with Gasteiger partial charge in [0.1, 0.15) is 11.0 Å². The van der Waals surface area contributed by atoms with Crippen molar-refractivity contribution in [3.05, 3.63) is 58.9 Å². The summed E-state index contributed by atoms with van der Waals surface area (Å²) in [6, 6.07) is 10.9. The SMILES string of the molecule is C[C@H](c1ccccn1)N(C)S(=O)(=O)c1ccc(Cl)cc1C#N. The number of rotatable bonds is 4. The van der Waals surface area contributed by atoms with Crippen molar-refractivity contribution in [2.75, 3.05) is 7.05 Å². The summed E-state index contributed by atoms with van der Waals surface area (Å²) in [4.78, 5) is 4.11. The highest BCUT2D eigenvalue weighted by molar-refractivity contribution is 7.89. The average molecular weight is 336 g/mol. The van der Waals surface area contributed by atoms with Crippen LogP contribution in [0.2, 0.25) is 5.02 Å². The molecule has 0 saturated heterocycles. The van der Waals surface area contributed by atoms with Crippen LogP contribution in [0.15, 0.2) is 47.5 Å². The summed E-state index contributed by atoms with van der Waals surface area (Å²) in [6.45, 7) is 1.74. The molecule has 0 radical (unpaired) electrons. The molecule has 0 N–H and O–H groups in total. The van der Waals surface area contributed by atoms with Crippen LogP contribution in [0.5, 0.6) is 0 Å². The second-order valence-corrected chi connectivity index (χ2v) is 7.11. The van der Waals surface area contributed by atoms with E-state index in [1.54, 1.807) is 31.3 Å². The minimum absolute atomic E-state index is 0.0209. The smallest absolute Gasteiger partial charge is 0.244 e. The first kappa shape index (κ1) is 16.4. The molecule has 0 aliphatic rings. The van der Waals surface area contributed by atoms with Crippen LogP contribution in [0.3, 0.4) is 0 Å². The van der Waals surface area contributed by atoms with Crippen LogP contribution in [0.1, 0.15) is 24.2 Å². The zero-order valence-corrected chi connectivity index (χ0v) is 13.6. The predicted octanol–water partition coefficient (Wildman–Crippen LogP) is 2.99. The van der Waals surface area contributed by atoms with Gasteiger partial charge in [-0.1, -0.05) is 17.7 Å². The van der Waals surface area contributed by atoms with Gasteiger partial charge in [0.15, 0.2) is 0 Å². The van der Waals surface area contributed by atoms with Crippen molar-refractivity contribution in [1.29, 1.82) is 5.26 Å². The molecule has 2 aromatic rings. The molecule has 1 aromatic heterocycles. The molecule has 1 heterocycles. The molecule has 0 spiro atoms. The molecule has 1 aromatic carbocycles. The lowest BCUT2D eigenvalue weighted by atomic mass is 10.2. The zero-order chi connectivity index (χ0) is 16.3. The lowest BCUT2D eigenvalue weighted by Gasteiger charge is -2.24. The fourth-order valence-electron chi connectivity index (χ4n) is 1.99. The van der Waals surface area contributed by atoms with Gasteiger partial charge in [-0.05, 0) is 37.3 Å². The number of nitrogens with zero attached hydrogens (tertiary/aromatic N) is 3. The van der Waals surface area contributed by atoms with Crippen LogP contribution in [0.4, 0.5) is 0 Å². The van der Waals surface area contributed by atoms with E-state index in [1.165, 1.54) is 29.6 Å². The van der Waals surface area contributed by atoms with E-state index >= 15 is 0 Å². The Kier molecular flexibility index (Phi) is 4.81. The molecule has 0 amide bonds. The maximum absolute atomic E-state index is 12.7. The molecule has 1 atom stereocenters. The van der Waals surface area contributed by atoms with Gasteiger partial charge in [-0.15, -0.1) is 0 Å². The van der Waals surface area contributed by atoms with Crippen molar-refractivity contribution in [1.82, 2.24) is 9.29 Å². The molecule has 0 aliphatic heterocycles. The third-order valence-corrected chi connectivity index (χ3v) is 5.60. The van der Waals surface area contributed by atoms with Crippen molar-refractivity contribution in [2.24, 2.45) is 0 Å². The quantitative estimate of drug-likeness (QED) is 0.860. The Bertz CT molecular complexity index is 816. The third kappa shape index (κ3) is 3.12. The highest BCUT2D eigenvalue weighted by Crippen LogP contribution is 2.27. The first-order chi connectivity index (χ1) is 10.4. The Labute approximate surface area is 134 Å². The van der Waals surface area contributed by atoms with Gasteiger partial charge in [0.25, 0.3) is 0 Å². The first-order valence-corrected chi connectivity index (χ1v) is 8.28. The van der Waals surface area contributed by atoms with Crippen LogP contribution < -0.4 is 0 Å². The summed E-state index contributed by atoms with van der Waals surface area (Å²) < 4.78 is 26.7. The summed E-state index contributed by atoms with van der Waals surface area (Å²) in [7, 11) is -2.37. The van der Waals surface area contributed by atoms with Crippen molar-refractivity contribution in [3.8, 4) is 6.07 Å². The number of aromatic nitrogens is 1. The normalized spacial score (nSPS) is 12.9. The Morgan fingerprint density at radius 1 is 1.32 bits per heavy atom. The Morgan fingerprint density at radius 2 is 2.05 bits per heavy atom. The summed E-state index contributed by atoms with van der Waals surface area (Å²) in [5, 5.41) is 9.46. The number of sulfonamides is 1. The van der Waals surface area contributed by atoms with E-state index in [9.17, 15) is 8.42 Å². The van der Waals surface area contributed by atoms with E-state index in [2.05, 4.69) is 4.98 Å². The van der Waals surface area contributed by atoms with Crippen LogP contribution in [-0.4, -0.2) is 24.8 Å². The van der Waals surface area contributed by atoms with Crippen molar-refractivity contribution >= 4 is 21.6 Å². The number of hydrogen-bond donors (Lipinski definition) is 0. The van der Waals surface area contributed by atoms with E-state index in [4.69, 9.17) is 16.9 Å². The van der Waals surface area contributed by atoms with E-state index < -0.39 is 16.1 Å². The summed E-state index contributed by atoms with van der Waals surface area (Å²) >= 11 is 5.81. The Morgan fingerprint density at radius 3 is 2.64 bits per heavy atom. The molecule has 22 heavy (non-hydrogen) atoms. The van der Waals surface area contributed by atoms with E-state index in [0.29, 0.717) is 10.7 Å². The summed E-state index contributed by atoms with van der Waals surface area (Å²) in [6.07, 6.45) is 1.61. The second kappa shape index (κ2) is 6.44. The van der Waals surface area contributed by atoms with Crippen molar-refractivity contribution < 1.29 is 8.42 Å². The molecular formula is C15H14ClN3O2S. The number of hydrogen-bond acceptors (Lipinski definition) is 4. The third-order valence-electron chi connectivity index (χ3n) is 3.38. The fraction of sp³-hybridized carbons (Fsp3) is 0.200. The molecule has 114 valence electrons. The molecular weight excluding hydrogens is 322 g/mol. The monoisotopic (exact) mass is 335 g/mol. The van der Waals surface area contributed by atoms with Gasteiger partial charge in [0.05, 0.1) is 17.3 Å². The molecule has 0 aliphatic carbocycles. The van der Waals surface area contributed by atoms with E-state index in [-0.39, 0.29) is 10.5 Å². The maximum Gasteiger partial charge on any atom is 0.244 e. The first-order valence-electron chi connectivity index (χ1n) is 6.46. The lowest BCUT2D eigenvalue weighted by Crippen LogP contribution is -2.30. The van der Waals surface area contributed by atoms with Gasteiger partial charge in [0, 0.05) is 18.3 Å². The van der Waals surface area contributed by atoms with Crippen LogP contribution in [0.25, 0.3) is 0 Å². The minimum Gasteiger partial charge on any atom is -0.260 e. The van der Waals surface area contributed by atoms with E-state index in [1.807, 2.05) is 6.07 Å². The number of pyridine rings is 1. The molecule has 0 fully saturated rings. The molecule has 2 rings (SSSR count). The Hall–Kier alpha value is -1.94. The lowest BCUT2D eigenvalue weighted by molar-refractivity contribution is 0.392. The van der Waals surface area contributed by atoms with Gasteiger partial charge >= 0.3 is 0 Å². The van der Waals surface area contributed by atoms with Gasteiger partial charge in [-0.2, -0.15) is 9.57 Å². The van der Waals surface area contributed by atoms with Gasteiger partial charge < -0.3 is 0 Å². The fourth-order valence-corrected chi connectivity index (χ4v) is 3.62. The molecule has 0 saturated carbocycles. The zero-order valence-electron chi connectivity index (χ0n) is 12.1. The van der Waals surface area contributed by atoms with Crippen LogP contribution in [0, 0.1) is 11.3 Å². The largest absolute Gasteiger partial charge is 0.260 e. The molecule has 0 unspecified atom stereocenters. The number of nitriles is 1.